The molecule has 1 atom stereocenters. The van der Waals surface area contributed by atoms with Crippen LogP contribution in [0.25, 0.3) is 0 Å². The Hall–Kier alpha value is -3.28. The second kappa shape index (κ2) is 9.69. The first kappa shape index (κ1) is 24.0. The van der Waals surface area contributed by atoms with Crippen molar-refractivity contribution in [3.8, 4) is 11.8 Å². The topological polar surface area (TPSA) is 87.8 Å². The maximum Gasteiger partial charge on any atom is 0.270 e. The Balaban J connectivity index is 0.00000341. The van der Waals surface area contributed by atoms with Crippen molar-refractivity contribution in [3.05, 3.63) is 59.7 Å². The number of halogens is 3. The van der Waals surface area contributed by atoms with Gasteiger partial charge in [-0.3, -0.25) is 9.59 Å². The van der Waals surface area contributed by atoms with Crippen molar-refractivity contribution in [2.24, 2.45) is 16.8 Å². The Morgan fingerprint density at radius 3 is 2.65 bits per heavy atom. The van der Waals surface area contributed by atoms with Gasteiger partial charge in [0.2, 0.25) is 5.91 Å². The first-order valence-electron chi connectivity index (χ1n) is 9.18. The molecule has 1 unspecified atom stereocenters. The number of benzene rings is 2. The number of carbonyl (C=O) groups excluding carboxylic acids is 2. The molecule has 2 aromatic carbocycles. The third-order valence-electron chi connectivity index (χ3n) is 4.46. The Bertz CT molecular complexity index is 1090. The summed E-state index contributed by atoms with van der Waals surface area (Å²) in [5.74, 6) is 0.230. The first-order chi connectivity index (χ1) is 14.2. The van der Waals surface area contributed by atoms with Gasteiger partial charge in [-0.15, -0.1) is 12.4 Å². The number of hydrogen-bond donors (Lipinski definition) is 2. The van der Waals surface area contributed by atoms with E-state index >= 15 is 0 Å². The SMILES string of the molecule is CC1=NN(c2cccc(C#CCN)c2)C(=O)C1C(=O)Nc1cccc(C(C)(F)F)c1.Cl. The summed E-state index contributed by atoms with van der Waals surface area (Å²) in [6.45, 7) is 2.55. The molecule has 0 radical (unpaired) electrons. The number of alkyl halides is 2. The van der Waals surface area contributed by atoms with E-state index in [0.29, 0.717) is 17.0 Å². The number of nitrogens with two attached hydrogens (primary N) is 1. The molecule has 162 valence electrons. The van der Waals surface area contributed by atoms with Crippen LogP contribution in [-0.2, 0) is 15.5 Å². The van der Waals surface area contributed by atoms with Crippen LogP contribution in [0.1, 0.15) is 25.0 Å². The molecule has 3 rings (SSSR count). The fourth-order valence-corrected chi connectivity index (χ4v) is 3.01. The fourth-order valence-electron chi connectivity index (χ4n) is 3.01. The van der Waals surface area contributed by atoms with Gasteiger partial charge < -0.3 is 11.1 Å². The van der Waals surface area contributed by atoms with Gasteiger partial charge in [0.05, 0.1) is 17.9 Å². The lowest BCUT2D eigenvalue weighted by Crippen LogP contribution is -2.36. The van der Waals surface area contributed by atoms with Crippen molar-refractivity contribution in [1.29, 1.82) is 0 Å². The highest BCUT2D eigenvalue weighted by Gasteiger charge is 2.40. The highest BCUT2D eigenvalue weighted by Crippen LogP contribution is 2.29. The molecule has 2 aromatic rings. The monoisotopic (exact) mass is 446 g/mol. The van der Waals surface area contributed by atoms with Crippen LogP contribution in [0.4, 0.5) is 20.2 Å². The first-order valence-corrected chi connectivity index (χ1v) is 9.18. The molecule has 0 fully saturated rings. The van der Waals surface area contributed by atoms with Crippen LogP contribution in [0.5, 0.6) is 0 Å². The molecule has 0 aromatic heterocycles. The predicted molar refractivity (Wildman–Crippen MR) is 118 cm³/mol. The van der Waals surface area contributed by atoms with Crippen LogP contribution >= 0.6 is 12.4 Å². The van der Waals surface area contributed by atoms with Crippen molar-refractivity contribution in [1.82, 2.24) is 0 Å². The third kappa shape index (κ3) is 5.45. The van der Waals surface area contributed by atoms with Gasteiger partial charge >= 0.3 is 0 Å². The van der Waals surface area contributed by atoms with Gasteiger partial charge in [-0.2, -0.15) is 10.1 Å². The van der Waals surface area contributed by atoms with Crippen molar-refractivity contribution in [2.75, 3.05) is 16.9 Å². The fraction of sp³-hybridized carbons (Fsp3) is 0.227. The van der Waals surface area contributed by atoms with Gasteiger partial charge in [-0.1, -0.05) is 30.0 Å². The minimum absolute atomic E-state index is 0. The zero-order valence-corrected chi connectivity index (χ0v) is 17.7. The van der Waals surface area contributed by atoms with E-state index in [2.05, 4.69) is 22.3 Å². The molecule has 0 aliphatic carbocycles. The van der Waals surface area contributed by atoms with E-state index in [1.807, 2.05) is 0 Å². The molecule has 1 aliphatic heterocycles. The van der Waals surface area contributed by atoms with Gasteiger partial charge in [-0.05, 0) is 37.3 Å². The van der Waals surface area contributed by atoms with Crippen LogP contribution < -0.4 is 16.1 Å². The van der Waals surface area contributed by atoms with Crippen molar-refractivity contribution in [2.45, 2.75) is 19.8 Å². The summed E-state index contributed by atoms with van der Waals surface area (Å²) in [4.78, 5) is 25.6. The molecule has 1 aliphatic rings. The molecular formula is C22H21ClF2N4O2. The molecule has 3 N–H and O–H groups in total. The maximum absolute atomic E-state index is 13.5. The highest BCUT2D eigenvalue weighted by atomic mass is 35.5. The second-order valence-corrected chi connectivity index (χ2v) is 6.84. The summed E-state index contributed by atoms with van der Waals surface area (Å²) in [6, 6.07) is 12.2. The molecular weight excluding hydrogens is 426 g/mol. The van der Waals surface area contributed by atoms with E-state index in [9.17, 15) is 18.4 Å². The standard InChI is InChI=1S/C22H20F2N4O2.ClH/c1-14-19(20(29)26-17-9-4-8-16(13-17)22(2,23)24)21(30)28(27-14)18-10-3-6-15(12-18)7-5-11-25;/h3-4,6,8-10,12-13,19H,11,25H2,1-2H3,(H,26,29);1H. The molecule has 2 amide bonds. The van der Waals surface area contributed by atoms with Crippen LogP contribution in [0.3, 0.4) is 0 Å². The van der Waals surface area contributed by atoms with Crippen molar-refractivity contribution >= 4 is 41.3 Å². The number of nitrogens with one attached hydrogen (secondary N) is 1. The molecule has 6 nitrogen and oxygen atoms in total. The average Bonchev–Trinajstić information content (AvgIpc) is 3.00. The smallest absolute Gasteiger partial charge is 0.270 e. The second-order valence-electron chi connectivity index (χ2n) is 6.84. The van der Waals surface area contributed by atoms with Crippen molar-refractivity contribution in [3.63, 3.8) is 0 Å². The van der Waals surface area contributed by atoms with Crippen LogP contribution in [0.2, 0.25) is 0 Å². The van der Waals surface area contributed by atoms with E-state index < -0.39 is 23.7 Å². The zero-order valence-electron chi connectivity index (χ0n) is 16.9. The van der Waals surface area contributed by atoms with Crippen LogP contribution in [0.15, 0.2) is 53.6 Å². The van der Waals surface area contributed by atoms with Gasteiger partial charge in [0.15, 0.2) is 5.92 Å². The lowest BCUT2D eigenvalue weighted by atomic mass is 10.0. The van der Waals surface area contributed by atoms with Crippen molar-refractivity contribution < 1.29 is 18.4 Å². The highest BCUT2D eigenvalue weighted by molar-refractivity contribution is 6.28. The summed E-state index contributed by atoms with van der Waals surface area (Å²) in [5.41, 5.74) is 6.74. The molecule has 1 heterocycles. The number of amides is 2. The quantitative estimate of drug-likeness (QED) is 0.556. The van der Waals surface area contributed by atoms with Crippen LogP contribution in [-0.4, -0.2) is 24.1 Å². The third-order valence-corrected chi connectivity index (χ3v) is 4.46. The predicted octanol–water partition coefficient (Wildman–Crippen LogP) is 3.51. The summed E-state index contributed by atoms with van der Waals surface area (Å²) in [6.07, 6.45) is 0. The van der Waals surface area contributed by atoms with E-state index in [1.165, 1.54) is 24.3 Å². The molecule has 9 heteroatoms. The van der Waals surface area contributed by atoms with E-state index in [-0.39, 0.29) is 30.2 Å². The molecule has 0 saturated heterocycles. The molecule has 0 saturated carbocycles. The van der Waals surface area contributed by atoms with Gasteiger partial charge in [-0.25, -0.2) is 8.78 Å². The Morgan fingerprint density at radius 2 is 1.97 bits per heavy atom. The Morgan fingerprint density at radius 1 is 1.26 bits per heavy atom. The van der Waals surface area contributed by atoms with Gasteiger partial charge in [0.25, 0.3) is 11.8 Å². The largest absolute Gasteiger partial charge is 0.325 e. The lowest BCUT2D eigenvalue weighted by molar-refractivity contribution is -0.127. The van der Waals surface area contributed by atoms with E-state index in [0.717, 1.165) is 11.9 Å². The Kier molecular flexibility index (Phi) is 7.50. The molecule has 0 bridgehead atoms. The number of hydrazone groups is 1. The van der Waals surface area contributed by atoms with E-state index in [1.54, 1.807) is 31.2 Å². The number of carbonyl (C=O) groups is 2. The summed E-state index contributed by atoms with van der Waals surface area (Å²) in [7, 11) is 0. The minimum Gasteiger partial charge on any atom is -0.325 e. The molecule has 31 heavy (non-hydrogen) atoms. The maximum atomic E-state index is 13.5. The van der Waals surface area contributed by atoms with Gasteiger partial charge in [0, 0.05) is 23.7 Å². The normalized spacial score (nSPS) is 15.5. The van der Waals surface area contributed by atoms with E-state index in [4.69, 9.17) is 5.73 Å². The lowest BCUT2D eigenvalue weighted by Gasteiger charge is -2.16. The molecule has 0 spiro atoms. The van der Waals surface area contributed by atoms with Gasteiger partial charge in [0.1, 0.15) is 0 Å². The number of anilines is 2. The number of nitrogens with zero attached hydrogens (tertiary/aromatic N) is 2. The number of rotatable bonds is 4. The summed E-state index contributed by atoms with van der Waals surface area (Å²) >= 11 is 0. The average molecular weight is 447 g/mol. The minimum atomic E-state index is -3.05. The number of hydrogen-bond acceptors (Lipinski definition) is 4. The summed E-state index contributed by atoms with van der Waals surface area (Å²) < 4.78 is 27.1. The Labute approximate surface area is 184 Å². The zero-order chi connectivity index (χ0) is 21.9. The van der Waals surface area contributed by atoms with Crippen LogP contribution in [0, 0.1) is 17.8 Å². The summed E-state index contributed by atoms with van der Waals surface area (Å²) in [5, 5.41) is 7.88.